The molecule has 1 atom stereocenters. The molecule has 20 heavy (non-hydrogen) atoms. The van der Waals surface area contributed by atoms with Crippen molar-refractivity contribution >= 4 is 39.2 Å². The number of benzene rings is 2. The molecule has 2 aromatic carbocycles. The molecule has 1 unspecified atom stereocenters. The Kier molecular flexibility index (Phi) is 5.78. The van der Waals surface area contributed by atoms with Gasteiger partial charge in [0, 0.05) is 11.1 Å². The van der Waals surface area contributed by atoms with Crippen molar-refractivity contribution in [3.8, 4) is 0 Å². The van der Waals surface area contributed by atoms with Crippen LogP contribution in [0.4, 0.5) is 0 Å². The zero-order valence-corrected chi connectivity index (χ0v) is 13.0. The summed E-state index contributed by atoms with van der Waals surface area (Å²) >= 11 is 0. The van der Waals surface area contributed by atoms with E-state index in [9.17, 15) is 4.79 Å². The molecule has 100 valence electrons. The Balaban J connectivity index is 0.00000200. The molecule has 0 bridgehead atoms. The van der Waals surface area contributed by atoms with E-state index in [2.05, 4.69) is 29.2 Å². The van der Waals surface area contributed by atoms with Crippen LogP contribution in [0.2, 0.25) is 0 Å². The summed E-state index contributed by atoms with van der Waals surface area (Å²) in [6.07, 6.45) is 0. The molecule has 0 radical (unpaired) electrons. The molecule has 0 aliphatic carbocycles. The van der Waals surface area contributed by atoms with Gasteiger partial charge in [0.1, 0.15) is 0 Å². The maximum absolute atomic E-state index is 12.8. The average Bonchev–Trinajstić information content (AvgIpc) is 2.36. The van der Waals surface area contributed by atoms with Gasteiger partial charge in [-0.05, 0) is 55.3 Å². The van der Waals surface area contributed by atoms with E-state index in [0.717, 1.165) is 27.6 Å². The van der Waals surface area contributed by atoms with Crippen LogP contribution in [0.1, 0.15) is 38.2 Å². The molecule has 0 amide bonds. The minimum absolute atomic E-state index is 0. The Morgan fingerprint density at radius 1 is 0.950 bits per heavy atom. The second-order valence-electron chi connectivity index (χ2n) is 5.05. The second-order valence-corrected chi connectivity index (χ2v) is 5.67. The molecular formula is C17H20LiOP. The third-order valence-electron chi connectivity index (χ3n) is 3.79. The van der Waals surface area contributed by atoms with Gasteiger partial charge in [0.25, 0.3) is 0 Å². The summed E-state index contributed by atoms with van der Waals surface area (Å²) in [5, 5.41) is 0.949. The average molecular weight is 278 g/mol. The van der Waals surface area contributed by atoms with E-state index in [1.807, 2.05) is 38.1 Å². The standard InChI is InChI=1S/C17H19OP.Li.H/c1-10-9-11(2)16(13(4)12(10)3)17(18)14-7-5-6-8-15(14)19;;/h5-9H,19H2,1-4H3;;. The van der Waals surface area contributed by atoms with Crippen molar-refractivity contribution in [3.63, 3.8) is 0 Å². The van der Waals surface area contributed by atoms with Gasteiger partial charge in [0.2, 0.25) is 0 Å². The van der Waals surface area contributed by atoms with Crippen LogP contribution in [-0.2, 0) is 0 Å². The molecular weight excluding hydrogens is 258 g/mol. The van der Waals surface area contributed by atoms with Gasteiger partial charge in [-0.25, -0.2) is 0 Å². The molecule has 0 heterocycles. The van der Waals surface area contributed by atoms with Crippen molar-refractivity contribution in [2.75, 3.05) is 0 Å². The number of hydrogen-bond donors (Lipinski definition) is 0. The van der Waals surface area contributed by atoms with Crippen molar-refractivity contribution in [2.45, 2.75) is 27.7 Å². The van der Waals surface area contributed by atoms with Gasteiger partial charge < -0.3 is 0 Å². The fraction of sp³-hybridized carbons (Fsp3) is 0.235. The van der Waals surface area contributed by atoms with E-state index in [0.29, 0.717) is 0 Å². The fourth-order valence-corrected chi connectivity index (χ4v) is 2.81. The minimum atomic E-state index is 0. The van der Waals surface area contributed by atoms with Crippen LogP contribution in [0.3, 0.4) is 0 Å². The summed E-state index contributed by atoms with van der Waals surface area (Å²) in [6.45, 7) is 8.22. The van der Waals surface area contributed by atoms with E-state index in [-0.39, 0.29) is 24.6 Å². The summed E-state index contributed by atoms with van der Waals surface area (Å²) in [6, 6.07) is 9.79. The number of aryl methyl sites for hydroxylation is 2. The summed E-state index contributed by atoms with van der Waals surface area (Å²) in [5.74, 6) is 0.115. The molecule has 0 aliphatic rings. The molecule has 1 nitrogen and oxygen atoms in total. The normalized spacial score (nSPS) is 10.1. The van der Waals surface area contributed by atoms with Crippen LogP contribution in [0, 0.1) is 27.7 Å². The zero-order valence-electron chi connectivity index (χ0n) is 11.9. The van der Waals surface area contributed by atoms with Gasteiger partial charge in [0.15, 0.2) is 5.78 Å². The number of carbonyl (C=O) groups is 1. The van der Waals surface area contributed by atoms with E-state index in [4.69, 9.17) is 0 Å². The van der Waals surface area contributed by atoms with Gasteiger partial charge in [0.05, 0.1) is 0 Å². The second kappa shape index (κ2) is 6.73. The number of carbonyl (C=O) groups excluding carboxylic acids is 1. The molecule has 0 saturated carbocycles. The summed E-state index contributed by atoms with van der Waals surface area (Å²) in [4.78, 5) is 12.8. The summed E-state index contributed by atoms with van der Waals surface area (Å²) in [7, 11) is 2.64. The topological polar surface area (TPSA) is 17.1 Å². The van der Waals surface area contributed by atoms with Crippen LogP contribution in [0.25, 0.3) is 0 Å². The van der Waals surface area contributed by atoms with Crippen LogP contribution in [-0.4, -0.2) is 24.6 Å². The quantitative estimate of drug-likeness (QED) is 0.469. The Hall–Kier alpha value is -0.863. The van der Waals surface area contributed by atoms with Crippen molar-refractivity contribution in [3.05, 3.63) is 63.7 Å². The Labute approximate surface area is 135 Å². The fourth-order valence-electron chi connectivity index (χ4n) is 2.47. The summed E-state index contributed by atoms with van der Waals surface area (Å²) < 4.78 is 0. The molecule has 0 N–H and O–H groups in total. The molecule has 2 rings (SSSR count). The Morgan fingerprint density at radius 3 is 2.15 bits per heavy atom. The van der Waals surface area contributed by atoms with Crippen molar-refractivity contribution in [1.29, 1.82) is 0 Å². The van der Waals surface area contributed by atoms with Crippen LogP contribution in [0.5, 0.6) is 0 Å². The number of rotatable bonds is 2. The van der Waals surface area contributed by atoms with Gasteiger partial charge in [-0.2, -0.15) is 0 Å². The number of ketones is 1. The SMILES string of the molecule is Cc1cc(C)c(C(=O)c2ccccc2P)c(C)c1C.[LiH]. The van der Waals surface area contributed by atoms with Crippen molar-refractivity contribution < 1.29 is 4.79 Å². The molecule has 2 aromatic rings. The van der Waals surface area contributed by atoms with Crippen LogP contribution >= 0.6 is 9.24 Å². The van der Waals surface area contributed by atoms with E-state index < -0.39 is 0 Å². The molecule has 0 saturated heterocycles. The van der Waals surface area contributed by atoms with Gasteiger partial charge in [-0.15, -0.1) is 9.24 Å². The van der Waals surface area contributed by atoms with Crippen molar-refractivity contribution in [2.24, 2.45) is 0 Å². The first kappa shape index (κ1) is 17.2. The first-order chi connectivity index (χ1) is 8.93. The van der Waals surface area contributed by atoms with Gasteiger partial charge in [-0.3, -0.25) is 4.79 Å². The third-order valence-corrected chi connectivity index (χ3v) is 4.29. The zero-order chi connectivity index (χ0) is 14.2. The Bertz CT molecular complexity index is 662. The Morgan fingerprint density at radius 2 is 1.55 bits per heavy atom. The van der Waals surface area contributed by atoms with Crippen LogP contribution in [0.15, 0.2) is 30.3 Å². The molecule has 0 spiro atoms. The predicted octanol–water partition coefficient (Wildman–Crippen LogP) is 3.00. The molecule has 0 aromatic heterocycles. The molecule has 3 heteroatoms. The van der Waals surface area contributed by atoms with E-state index >= 15 is 0 Å². The van der Waals surface area contributed by atoms with Gasteiger partial charge in [-0.1, -0.05) is 30.3 Å². The van der Waals surface area contributed by atoms with Crippen molar-refractivity contribution in [1.82, 2.24) is 0 Å². The van der Waals surface area contributed by atoms with E-state index in [1.54, 1.807) is 0 Å². The summed E-state index contributed by atoms with van der Waals surface area (Å²) in [5.41, 5.74) is 6.20. The van der Waals surface area contributed by atoms with E-state index in [1.165, 1.54) is 11.1 Å². The third kappa shape index (κ3) is 3.07. The maximum atomic E-state index is 12.8. The predicted molar refractivity (Wildman–Crippen MR) is 91.8 cm³/mol. The first-order valence-corrected chi connectivity index (χ1v) is 6.97. The van der Waals surface area contributed by atoms with Crippen LogP contribution < -0.4 is 5.30 Å². The first-order valence-electron chi connectivity index (χ1n) is 6.40. The molecule has 0 aliphatic heterocycles. The number of hydrogen-bond acceptors (Lipinski definition) is 1. The van der Waals surface area contributed by atoms with Gasteiger partial charge >= 0.3 is 18.9 Å². The molecule has 0 fully saturated rings. The monoisotopic (exact) mass is 278 g/mol.